The van der Waals surface area contributed by atoms with Gasteiger partial charge in [0.05, 0.1) is 6.10 Å². The largest absolute Gasteiger partial charge is 0.414 e. The molecule has 0 radical (unpaired) electrons. The van der Waals surface area contributed by atoms with E-state index in [4.69, 9.17) is 8.85 Å². The first-order chi connectivity index (χ1) is 13.3. The summed E-state index contributed by atoms with van der Waals surface area (Å²) < 4.78 is 13.3. The normalized spacial score (nSPS) is 45.2. The number of hydrogen-bond donors (Lipinski definition) is 0. The molecule has 0 saturated heterocycles. The lowest BCUT2D eigenvalue weighted by molar-refractivity contribution is -0.0660. The van der Waals surface area contributed by atoms with Crippen LogP contribution in [0.15, 0.2) is 11.6 Å². The van der Waals surface area contributed by atoms with Crippen molar-refractivity contribution in [3.63, 3.8) is 0 Å². The Hall–Kier alpha value is 0.0938. The number of hydrogen-bond acceptors (Lipinski definition) is 2. The van der Waals surface area contributed by atoms with Crippen molar-refractivity contribution in [2.24, 2.45) is 28.6 Å². The van der Waals surface area contributed by atoms with Gasteiger partial charge in [-0.2, -0.15) is 0 Å². The lowest BCUT2D eigenvalue weighted by Crippen LogP contribution is -2.52. The zero-order valence-corrected chi connectivity index (χ0v) is 22.4. The van der Waals surface area contributed by atoms with Gasteiger partial charge in [0.25, 0.3) is 0 Å². The Bertz CT molecular complexity index is 661. The van der Waals surface area contributed by atoms with Crippen LogP contribution in [0.25, 0.3) is 0 Å². The van der Waals surface area contributed by atoms with E-state index in [9.17, 15) is 0 Å². The molecule has 2 nitrogen and oxygen atoms in total. The maximum atomic E-state index is 6.75. The fraction of sp³-hybridized carbons (Fsp3) is 0.920. The molecule has 29 heavy (non-hydrogen) atoms. The molecule has 3 saturated carbocycles. The van der Waals surface area contributed by atoms with Crippen molar-refractivity contribution in [1.29, 1.82) is 0 Å². The smallest absolute Gasteiger partial charge is 0.184 e. The third-order valence-corrected chi connectivity index (χ3v) is 11.0. The van der Waals surface area contributed by atoms with E-state index >= 15 is 0 Å². The Morgan fingerprint density at radius 3 is 2.17 bits per heavy atom. The van der Waals surface area contributed by atoms with Gasteiger partial charge in [0.2, 0.25) is 0 Å². The third kappa shape index (κ3) is 4.13. The van der Waals surface area contributed by atoms with E-state index in [0.717, 1.165) is 17.8 Å². The number of rotatable bonds is 4. The fourth-order valence-corrected chi connectivity index (χ4v) is 10.2. The minimum atomic E-state index is -1.48. The molecule has 166 valence electrons. The van der Waals surface area contributed by atoms with Crippen molar-refractivity contribution in [2.45, 2.75) is 117 Å². The summed E-state index contributed by atoms with van der Waals surface area (Å²) in [6, 6.07) is 0. The van der Waals surface area contributed by atoms with E-state index < -0.39 is 16.6 Å². The predicted molar refractivity (Wildman–Crippen MR) is 128 cm³/mol. The van der Waals surface area contributed by atoms with Crippen LogP contribution in [-0.2, 0) is 8.85 Å². The molecule has 4 aliphatic rings. The van der Waals surface area contributed by atoms with Gasteiger partial charge in [-0.05, 0) is 119 Å². The average Bonchev–Trinajstić information content (AvgIpc) is 2.89. The summed E-state index contributed by atoms with van der Waals surface area (Å²) in [7, 11) is -2.93. The lowest BCUT2D eigenvalue weighted by Gasteiger charge is -2.58. The minimum Gasteiger partial charge on any atom is -0.414 e. The monoisotopic (exact) mass is 434 g/mol. The van der Waals surface area contributed by atoms with Crippen molar-refractivity contribution in [3.8, 4) is 0 Å². The minimum absolute atomic E-state index is 0.418. The van der Waals surface area contributed by atoms with Gasteiger partial charge in [0, 0.05) is 6.10 Å². The molecule has 3 fully saturated rings. The first-order valence-electron chi connectivity index (χ1n) is 12.4. The van der Waals surface area contributed by atoms with Crippen LogP contribution in [-0.4, -0.2) is 28.8 Å². The summed E-state index contributed by atoms with van der Waals surface area (Å²) in [5.41, 5.74) is 2.60. The molecule has 4 aliphatic carbocycles. The molecular formula is C25H46O2Si2. The number of allylic oxidation sites excluding steroid dienone is 1. The van der Waals surface area contributed by atoms with Gasteiger partial charge >= 0.3 is 0 Å². The van der Waals surface area contributed by atoms with Crippen molar-refractivity contribution in [1.82, 2.24) is 0 Å². The molecule has 7 atom stereocenters. The highest BCUT2D eigenvalue weighted by molar-refractivity contribution is 6.70. The van der Waals surface area contributed by atoms with E-state index in [2.05, 4.69) is 59.2 Å². The Labute approximate surface area is 182 Å². The standard InChI is InChI=1S/C25H46O2Si2/c1-24-15-13-19(26-28(3,4)5)17-18(24)9-10-20-21-11-12-23(27-29(6,7)8)25(21,2)16-14-22(20)24/h9,19-23H,10-17H2,1-8H3/t19-,20-,21-,22-,23+,24-,25-/m0/s1. The summed E-state index contributed by atoms with van der Waals surface area (Å²) >= 11 is 0. The van der Waals surface area contributed by atoms with Gasteiger partial charge in [0.1, 0.15) is 0 Å². The summed E-state index contributed by atoms with van der Waals surface area (Å²) in [5, 5.41) is 0. The second-order valence-electron chi connectivity index (χ2n) is 13.2. The fourth-order valence-electron chi connectivity index (χ4n) is 7.80. The van der Waals surface area contributed by atoms with Crippen LogP contribution in [0.1, 0.15) is 65.2 Å². The van der Waals surface area contributed by atoms with Crippen LogP contribution in [0.5, 0.6) is 0 Å². The molecule has 0 N–H and O–H groups in total. The highest BCUT2D eigenvalue weighted by Gasteiger charge is 2.59. The van der Waals surface area contributed by atoms with Crippen LogP contribution in [0, 0.1) is 28.6 Å². The van der Waals surface area contributed by atoms with E-state index in [-0.39, 0.29) is 0 Å². The first-order valence-corrected chi connectivity index (χ1v) is 19.2. The second kappa shape index (κ2) is 7.32. The van der Waals surface area contributed by atoms with Crippen molar-refractivity contribution < 1.29 is 8.85 Å². The molecule has 0 aromatic rings. The molecule has 0 aromatic carbocycles. The van der Waals surface area contributed by atoms with E-state index in [0.29, 0.717) is 23.0 Å². The SMILES string of the molecule is C[C@]12CC[C@H]3[C@@H](CC=C4C[C@@H](O[Si](C)(C)C)CC[C@@]43C)[C@@H]1CC[C@H]2O[Si](C)(C)C. The van der Waals surface area contributed by atoms with Crippen LogP contribution in [0.3, 0.4) is 0 Å². The highest BCUT2D eigenvalue weighted by Crippen LogP contribution is 2.65. The zero-order valence-electron chi connectivity index (χ0n) is 20.4. The Morgan fingerprint density at radius 1 is 0.828 bits per heavy atom. The Morgan fingerprint density at radius 2 is 1.52 bits per heavy atom. The summed E-state index contributed by atoms with van der Waals surface area (Å²) in [4.78, 5) is 0. The maximum absolute atomic E-state index is 6.75. The molecule has 0 spiro atoms. The van der Waals surface area contributed by atoms with Crippen LogP contribution in [0.2, 0.25) is 39.3 Å². The Balaban J connectivity index is 1.53. The zero-order chi connectivity index (χ0) is 21.2. The van der Waals surface area contributed by atoms with E-state index in [1.165, 1.54) is 51.4 Å². The lowest BCUT2D eigenvalue weighted by atomic mass is 9.48. The summed E-state index contributed by atoms with van der Waals surface area (Å²) in [6.45, 7) is 19.3. The topological polar surface area (TPSA) is 18.5 Å². The molecule has 0 aliphatic heterocycles. The van der Waals surface area contributed by atoms with Gasteiger partial charge in [-0.15, -0.1) is 0 Å². The van der Waals surface area contributed by atoms with Gasteiger partial charge < -0.3 is 8.85 Å². The van der Waals surface area contributed by atoms with Gasteiger partial charge in [0.15, 0.2) is 16.6 Å². The molecule has 0 aromatic heterocycles. The average molecular weight is 435 g/mol. The van der Waals surface area contributed by atoms with E-state index in [1.54, 1.807) is 5.57 Å². The van der Waals surface area contributed by atoms with Gasteiger partial charge in [-0.1, -0.05) is 25.5 Å². The molecular weight excluding hydrogens is 388 g/mol. The third-order valence-electron chi connectivity index (χ3n) is 8.99. The highest BCUT2D eigenvalue weighted by atomic mass is 28.4. The summed E-state index contributed by atoms with van der Waals surface area (Å²) in [5.74, 6) is 2.64. The van der Waals surface area contributed by atoms with Gasteiger partial charge in [-0.3, -0.25) is 0 Å². The molecule has 0 bridgehead atoms. The second-order valence-corrected chi connectivity index (χ2v) is 22.1. The predicted octanol–water partition coefficient (Wildman–Crippen LogP) is 7.39. The first kappa shape index (κ1) is 22.3. The number of fused-ring (bicyclic) bond motifs is 5. The van der Waals surface area contributed by atoms with Crippen LogP contribution < -0.4 is 0 Å². The molecule has 4 rings (SSSR count). The Kier molecular flexibility index (Phi) is 5.62. The van der Waals surface area contributed by atoms with Crippen LogP contribution >= 0.6 is 0 Å². The maximum Gasteiger partial charge on any atom is 0.184 e. The van der Waals surface area contributed by atoms with Crippen LogP contribution in [0.4, 0.5) is 0 Å². The molecule has 0 unspecified atom stereocenters. The van der Waals surface area contributed by atoms with E-state index in [1.807, 2.05) is 0 Å². The van der Waals surface area contributed by atoms with Crippen molar-refractivity contribution >= 4 is 16.6 Å². The molecule has 4 heteroatoms. The van der Waals surface area contributed by atoms with Gasteiger partial charge in [-0.25, -0.2) is 0 Å². The summed E-state index contributed by atoms with van der Waals surface area (Å²) in [6.07, 6.45) is 14.3. The quantitative estimate of drug-likeness (QED) is 0.339. The molecule has 0 amide bonds. The van der Waals surface area contributed by atoms with Crippen molar-refractivity contribution in [3.05, 3.63) is 11.6 Å². The molecule has 0 heterocycles. The van der Waals surface area contributed by atoms with Crippen molar-refractivity contribution in [2.75, 3.05) is 0 Å².